The van der Waals surface area contributed by atoms with Crippen LogP contribution < -0.4 is 11.1 Å². The van der Waals surface area contributed by atoms with Crippen LogP contribution in [0.4, 0.5) is 0 Å². The zero-order valence-corrected chi connectivity index (χ0v) is 10.7. The third-order valence-electron chi connectivity index (χ3n) is 3.05. The summed E-state index contributed by atoms with van der Waals surface area (Å²) in [6, 6.07) is 1.82. The number of rotatable bonds is 2. The van der Waals surface area contributed by atoms with E-state index in [4.69, 9.17) is 5.73 Å². The molecule has 0 unspecified atom stereocenters. The van der Waals surface area contributed by atoms with Crippen molar-refractivity contribution in [2.24, 2.45) is 5.73 Å². The van der Waals surface area contributed by atoms with Crippen molar-refractivity contribution in [2.45, 2.75) is 31.7 Å². The maximum atomic E-state index is 12.0. The Morgan fingerprint density at radius 1 is 1.65 bits per heavy atom. The van der Waals surface area contributed by atoms with Crippen LogP contribution in [0.1, 0.15) is 41.4 Å². The Morgan fingerprint density at radius 3 is 3.00 bits per heavy atom. The topological polar surface area (TPSA) is 55.1 Å². The molecule has 0 aromatic carbocycles. The summed E-state index contributed by atoms with van der Waals surface area (Å²) in [5.41, 5.74) is 6.00. The van der Waals surface area contributed by atoms with Crippen LogP contribution in [-0.4, -0.2) is 18.0 Å². The molecule has 1 saturated carbocycles. The monoisotopic (exact) mass is 248 g/mol. The maximum Gasteiger partial charge on any atom is 0.252 e. The molecule has 1 heterocycles. The minimum absolute atomic E-state index is 0.00210. The van der Waals surface area contributed by atoms with Gasteiger partial charge < -0.3 is 11.1 Å². The molecule has 4 heteroatoms. The highest BCUT2D eigenvalue weighted by Gasteiger charge is 2.33. The molecule has 2 rings (SSSR count). The zero-order chi connectivity index (χ0) is 12.3. The minimum atomic E-state index is 0.00210. The van der Waals surface area contributed by atoms with Crippen LogP contribution in [0, 0.1) is 11.8 Å². The molecule has 0 radical (unpaired) electrons. The number of hydrogen-bond donors (Lipinski definition) is 2. The van der Waals surface area contributed by atoms with Crippen molar-refractivity contribution < 1.29 is 4.79 Å². The summed E-state index contributed by atoms with van der Waals surface area (Å²) < 4.78 is 0. The van der Waals surface area contributed by atoms with Gasteiger partial charge in [-0.2, -0.15) is 0 Å². The first kappa shape index (κ1) is 12.2. The second-order valence-corrected chi connectivity index (χ2v) is 5.49. The summed E-state index contributed by atoms with van der Waals surface area (Å²) in [6.45, 7) is 2.44. The van der Waals surface area contributed by atoms with Crippen molar-refractivity contribution in [1.29, 1.82) is 0 Å². The van der Waals surface area contributed by atoms with Crippen LogP contribution in [-0.2, 0) is 0 Å². The van der Waals surface area contributed by atoms with E-state index in [9.17, 15) is 4.79 Å². The molecule has 1 aliphatic rings. The fourth-order valence-electron chi connectivity index (χ4n) is 1.84. The standard InChI is InChI=1S/C13H16N2OS/c1-13(5-3-6-13)15-12(16)10-8-11(17-9-10)4-2-7-14/h8-9H,3,5-7,14H2,1H3,(H,15,16). The van der Waals surface area contributed by atoms with E-state index in [1.54, 1.807) is 0 Å². The maximum absolute atomic E-state index is 12.0. The summed E-state index contributed by atoms with van der Waals surface area (Å²) >= 11 is 1.48. The van der Waals surface area contributed by atoms with Gasteiger partial charge in [0.25, 0.3) is 5.91 Å². The van der Waals surface area contributed by atoms with E-state index >= 15 is 0 Å². The molecule has 3 nitrogen and oxygen atoms in total. The second kappa shape index (κ2) is 4.91. The quantitative estimate of drug-likeness (QED) is 0.783. The molecule has 0 saturated heterocycles. The lowest BCUT2D eigenvalue weighted by molar-refractivity contribution is 0.0851. The Labute approximate surface area is 105 Å². The molecule has 1 fully saturated rings. The normalized spacial score (nSPS) is 16.6. The lowest BCUT2D eigenvalue weighted by atomic mass is 9.78. The molecule has 0 bridgehead atoms. The van der Waals surface area contributed by atoms with Crippen LogP contribution in [0.5, 0.6) is 0 Å². The Balaban J connectivity index is 2.02. The third-order valence-corrected chi connectivity index (χ3v) is 3.89. The number of amides is 1. The van der Waals surface area contributed by atoms with Gasteiger partial charge in [-0.25, -0.2) is 0 Å². The van der Waals surface area contributed by atoms with Gasteiger partial charge in [0.15, 0.2) is 0 Å². The summed E-state index contributed by atoms with van der Waals surface area (Å²) in [5, 5.41) is 4.92. The summed E-state index contributed by atoms with van der Waals surface area (Å²) in [7, 11) is 0. The molecule has 1 amide bonds. The van der Waals surface area contributed by atoms with Crippen molar-refractivity contribution in [2.75, 3.05) is 6.54 Å². The average molecular weight is 248 g/mol. The number of hydrogen-bond acceptors (Lipinski definition) is 3. The summed E-state index contributed by atoms with van der Waals surface area (Å²) in [5.74, 6) is 5.72. The number of thiophene rings is 1. The SMILES string of the molecule is CC1(NC(=O)c2csc(C#CCN)c2)CCC1. The van der Waals surface area contributed by atoms with Crippen LogP contribution in [0.2, 0.25) is 0 Å². The Morgan fingerprint density at radius 2 is 2.41 bits per heavy atom. The van der Waals surface area contributed by atoms with Gasteiger partial charge in [-0.15, -0.1) is 11.3 Å². The molecule has 17 heavy (non-hydrogen) atoms. The smallest absolute Gasteiger partial charge is 0.252 e. The largest absolute Gasteiger partial charge is 0.347 e. The highest BCUT2D eigenvalue weighted by atomic mass is 32.1. The van der Waals surface area contributed by atoms with Gasteiger partial charge in [0.2, 0.25) is 0 Å². The zero-order valence-electron chi connectivity index (χ0n) is 9.88. The Hall–Kier alpha value is -1.31. The fourth-order valence-corrected chi connectivity index (χ4v) is 2.59. The third kappa shape index (κ3) is 2.87. The summed E-state index contributed by atoms with van der Waals surface area (Å²) in [6.07, 6.45) is 3.35. The first-order chi connectivity index (χ1) is 8.13. The predicted octanol–water partition coefficient (Wildman–Crippen LogP) is 1.73. The van der Waals surface area contributed by atoms with Gasteiger partial charge in [0, 0.05) is 10.9 Å². The molecular weight excluding hydrogens is 232 g/mol. The molecule has 0 aliphatic heterocycles. The van der Waals surface area contributed by atoms with Crippen LogP contribution in [0.3, 0.4) is 0 Å². The van der Waals surface area contributed by atoms with Gasteiger partial charge in [0.05, 0.1) is 17.0 Å². The molecule has 0 spiro atoms. The van der Waals surface area contributed by atoms with Crippen LogP contribution in [0.25, 0.3) is 0 Å². The molecule has 1 aliphatic carbocycles. The van der Waals surface area contributed by atoms with Gasteiger partial charge in [-0.05, 0) is 32.3 Å². The minimum Gasteiger partial charge on any atom is -0.347 e. The molecule has 3 N–H and O–H groups in total. The van der Waals surface area contributed by atoms with E-state index in [1.807, 2.05) is 11.4 Å². The number of carbonyl (C=O) groups excluding carboxylic acids is 1. The van der Waals surface area contributed by atoms with E-state index in [2.05, 4.69) is 24.1 Å². The van der Waals surface area contributed by atoms with E-state index in [1.165, 1.54) is 17.8 Å². The molecule has 0 atom stereocenters. The lowest BCUT2D eigenvalue weighted by Gasteiger charge is -2.39. The van der Waals surface area contributed by atoms with Crippen molar-refractivity contribution in [3.05, 3.63) is 21.9 Å². The predicted molar refractivity (Wildman–Crippen MR) is 70.0 cm³/mol. The second-order valence-electron chi connectivity index (χ2n) is 4.57. The van der Waals surface area contributed by atoms with E-state index in [0.717, 1.165) is 17.7 Å². The van der Waals surface area contributed by atoms with Crippen molar-refractivity contribution in [1.82, 2.24) is 5.32 Å². The van der Waals surface area contributed by atoms with E-state index < -0.39 is 0 Å². The Kier molecular flexibility index (Phi) is 3.51. The van der Waals surface area contributed by atoms with Crippen LogP contribution >= 0.6 is 11.3 Å². The average Bonchev–Trinajstić information content (AvgIpc) is 2.72. The number of nitrogens with two attached hydrogens (primary N) is 1. The van der Waals surface area contributed by atoms with E-state index in [-0.39, 0.29) is 11.4 Å². The summed E-state index contributed by atoms with van der Waals surface area (Å²) in [4.78, 5) is 12.9. The van der Waals surface area contributed by atoms with Crippen LogP contribution in [0.15, 0.2) is 11.4 Å². The van der Waals surface area contributed by atoms with Gasteiger partial charge in [-0.3, -0.25) is 4.79 Å². The first-order valence-corrected chi connectivity index (χ1v) is 6.61. The highest BCUT2D eigenvalue weighted by Crippen LogP contribution is 2.31. The molecule has 90 valence electrons. The van der Waals surface area contributed by atoms with E-state index in [0.29, 0.717) is 12.1 Å². The van der Waals surface area contributed by atoms with Crippen molar-refractivity contribution >= 4 is 17.2 Å². The Bertz CT molecular complexity index is 477. The van der Waals surface area contributed by atoms with Gasteiger partial charge in [0.1, 0.15) is 0 Å². The van der Waals surface area contributed by atoms with Gasteiger partial charge in [-0.1, -0.05) is 11.8 Å². The lowest BCUT2D eigenvalue weighted by Crippen LogP contribution is -2.50. The number of carbonyl (C=O) groups is 1. The molecule has 1 aromatic heterocycles. The van der Waals surface area contributed by atoms with Crippen molar-refractivity contribution in [3.8, 4) is 11.8 Å². The number of nitrogens with one attached hydrogen (secondary N) is 1. The molecule has 1 aromatic rings. The van der Waals surface area contributed by atoms with Crippen molar-refractivity contribution in [3.63, 3.8) is 0 Å². The molecular formula is C13H16N2OS. The first-order valence-electron chi connectivity index (χ1n) is 5.73. The highest BCUT2D eigenvalue weighted by molar-refractivity contribution is 7.10. The fraction of sp³-hybridized carbons (Fsp3) is 0.462. The van der Waals surface area contributed by atoms with Gasteiger partial charge >= 0.3 is 0 Å².